The molecule has 0 aliphatic carbocycles. The Labute approximate surface area is 155 Å². The Morgan fingerprint density at radius 1 is 0.889 bits per heavy atom. The highest BCUT2D eigenvalue weighted by Crippen LogP contribution is 2.38. The van der Waals surface area contributed by atoms with Crippen LogP contribution >= 0.6 is 0 Å². The second-order valence-corrected chi connectivity index (χ2v) is 6.96. The molecule has 2 amide bonds. The second kappa shape index (κ2) is 5.45. The normalized spacial score (nSPS) is 14.6. The third kappa shape index (κ3) is 2.18. The van der Waals surface area contributed by atoms with Gasteiger partial charge in [0.25, 0.3) is 11.8 Å². The van der Waals surface area contributed by atoms with Crippen LogP contribution in [0, 0.1) is 6.92 Å². The number of aromatic nitrogens is 2. The van der Waals surface area contributed by atoms with Gasteiger partial charge in [-0.05, 0) is 24.6 Å². The van der Waals surface area contributed by atoms with Crippen LogP contribution in [0.5, 0.6) is 0 Å². The molecule has 3 heterocycles. The molecule has 5 nitrogen and oxygen atoms in total. The van der Waals surface area contributed by atoms with E-state index < -0.39 is 0 Å². The first kappa shape index (κ1) is 15.6. The quantitative estimate of drug-likeness (QED) is 0.540. The molecule has 27 heavy (non-hydrogen) atoms. The molecule has 4 aromatic rings. The van der Waals surface area contributed by atoms with E-state index >= 15 is 0 Å². The van der Waals surface area contributed by atoms with Crippen LogP contribution in [0.25, 0.3) is 33.0 Å². The fourth-order valence-corrected chi connectivity index (χ4v) is 3.94. The van der Waals surface area contributed by atoms with E-state index in [-0.39, 0.29) is 11.8 Å². The summed E-state index contributed by atoms with van der Waals surface area (Å²) in [6.45, 7) is 2.04. The highest BCUT2D eigenvalue weighted by Gasteiger charge is 2.34. The third-order valence-corrected chi connectivity index (χ3v) is 5.21. The standard InChI is InChI=1S/C22H17N3O2/c1-12-7-8-14-16(11-25(2)18(14)9-12)20-19(21(26)24-22(20)27)15-10-23-17-6-4-3-5-13(15)17/h3-11,23H,1-2H3,(H,24,26,27). The molecule has 1 aliphatic heterocycles. The number of hydrogen-bond donors (Lipinski definition) is 2. The number of hydrogen-bond acceptors (Lipinski definition) is 2. The molecule has 5 heteroatoms. The Morgan fingerprint density at radius 3 is 2.44 bits per heavy atom. The number of H-pyrrole nitrogens is 1. The van der Waals surface area contributed by atoms with Gasteiger partial charge in [-0.15, -0.1) is 0 Å². The van der Waals surface area contributed by atoms with E-state index in [9.17, 15) is 9.59 Å². The van der Waals surface area contributed by atoms with Crippen molar-refractivity contribution in [3.05, 3.63) is 71.5 Å². The SMILES string of the molecule is Cc1ccc2c(C3=C(c4c[nH]c5ccccc45)C(=O)NC3=O)cn(C)c2c1. The van der Waals surface area contributed by atoms with Crippen molar-refractivity contribution in [1.29, 1.82) is 0 Å². The van der Waals surface area contributed by atoms with Crippen LogP contribution in [-0.4, -0.2) is 21.4 Å². The highest BCUT2D eigenvalue weighted by atomic mass is 16.2. The van der Waals surface area contributed by atoms with E-state index in [1.807, 2.05) is 61.1 Å². The number of nitrogens with zero attached hydrogens (tertiary/aromatic N) is 1. The number of fused-ring (bicyclic) bond motifs is 2. The van der Waals surface area contributed by atoms with Gasteiger partial charge in [0.15, 0.2) is 0 Å². The molecule has 5 rings (SSSR count). The first-order valence-corrected chi connectivity index (χ1v) is 8.77. The minimum absolute atomic E-state index is 0.353. The number of nitrogens with one attached hydrogen (secondary N) is 2. The van der Waals surface area contributed by atoms with E-state index in [4.69, 9.17) is 0 Å². The maximum Gasteiger partial charge on any atom is 0.259 e. The predicted octanol–water partition coefficient (Wildman–Crippen LogP) is 3.54. The Balaban J connectivity index is 1.85. The maximum absolute atomic E-state index is 12.7. The molecule has 0 unspecified atom stereocenters. The summed E-state index contributed by atoms with van der Waals surface area (Å²) < 4.78 is 1.99. The summed E-state index contributed by atoms with van der Waals surface area (Å²) >= 11 is 0. The molecule has 2 aromatic heterocycles. The third-order valence-electron chi connectivity index (χ3n) is 5.21. The van der Waals surface area contributed by atoms with Crippen LogP contribution in [-0.2, 0) is 16.6 Å². The van der Waals surface area contributed by atoms with E-state index in [2.05, 4.69) is 16.4 Å². The highest BCUT2D eigenvalue weighted by molar-refractivity contribution is 6.50. The van der Waals surface area contributed by atoms with E-state index in [0.29, 0.717) is 11.1 Å². The lowest BCUT2D eigenvalue weighted by atomic mass is 9.95. The van der Waals surface area contributed by atoms with Crippen molar-refractivity contribution >= 4 is 44.8 Å². The van der Waals surface area contributed by atoms with Gasteiger partial charge in [-0.25, -0.2) is 0 Å². The maximum atomic E-state index is 12.7. The Morgan fingerprint density at radius 2 is 1.63 bits per heavy atom. The van der Waals surface area contributed by atoms with E-state index in [1.165, 1.54) is 0 Å². The summed E-state index contributed by atoms with van der Waals surface area (Å²) in [4.78, 5) is 28.6. The van der Waals surface area contributed by atoms with Gasteiger partial charge in [0, 0.05) is 52.4 Å². The van der Waals surface area contributed by atoms with Crippen molar-refractivity contribution in [3.8, 4) is 0 Å². The molecule has 1 aliphatic rings. The van der Waals surface area contributed by atoms with Crippen LogP contribution in [0.4, 0.5) is 0 Å². The lowest BCUT2D eigenvalue weighted by Crippen LogP contribution is -2.22. The molecule has 0 saturated carbocycles. The van der Waals surface area contributed by atoms with Crippen molar-refractivity contribution in [2.45, 2.75) is 6.92 Å². The van der Waals surface area contributed by atoms with Gasteiger partial charge < -0.3 is 9.55 Å². The summed E-state index contributed by atoms with van der Waals surface area (Å²) in [6, 6.07) is 13.9. The largest absolute Gasteiger partial charge is 0.361 e. The number of benzene rings is 2. The van der Waals surface area contributed by atoms with E-state index in [0.717, 1.165) is 38.5 Å². The Hall–Kier alpha value is -3.60. The minimum Gasteiger partial charge on any atom is -0.361 e. The van der Waals surface area contributed by atoms with Crippen LogP contribution in [0.1, 0.15) is 16.7 Å². The number of carbonyl (C=O) groups is 2. The zero-order valence-electron chi connectivity index (χ0n) is 15.0. The van der Waals surface area contributed by atoms with Gasteiger partial charge in [0.1, 0.15) is 0 Å². The van der Waals surface area contributed by atoms with Gasteiger partial charge in [0.05, 0.1) is 11.1 Å². The zero-order valence-corrected chi connectivity index (χ0v) is 15.0. The van der Waals surface area contributed by atoms with E-state index in [1.54, 1.807) is 6.20 Å². The first-order chi connectivity index (χ1) is 13.0. The number of para-hydroxylation sites is 1. The summed E-state index contributed by atoms with van der Waals surface area (Å²) in [5, 5.41) is 4.36. The molecule has 2 N–H and O–H groups in total. The number of amides is 2. The monoisotopic (exact) mass is 355 g/mol. The molecule has 0 spiro atoms. The molecule has 0 bridgehead atoms. The average molecular weight is 355 g/mol. The van der Waals surface area contributed by atoms with Gasteiger partial charge in [-0.1, -0.05) is 30.3 Å². The topological polar surface area (TPSA) is 66.9 Å². The zero-order chi connectivity index (χ0) is 18.7. The predicted molar refractivity (Wildman–Crippen MR) is 106 cm³/mol. The number of rotatable bonds is 2. The summed E-state index contributed by atoms with van der Waals surface area (Å²) in [5.74, 6) is -0.711. The van der Waals surface area contributed by atoms with Gasteiger partial charge in [-0.3, -0.25) is 14.9 Å². The minimum atomic E-state index is -0.358. The molecule has 0 atom stereocenters. The van der Waals surface area contributed by atoms with Crippen molar-refractivity contribution in [3.63, 3.8) is 0 Å². The Bertz CT molecular complexity index is 1300. The molecule has 0 fully saturated rings. The molecule has 132 valence electrons. The van der Waals surface area contributed by atoms with Crippen molar-refractivity contribution < 1.29 is 9.59 Å². The fourth-order valence-electron chi connectivity index (χ4n) is 3.94. The molecule has 0 radical (unpaired) electrons. The number of aromatic amines is 1. The number of aryl methyl sites for hydroxylation is 2. The van der Waals surface area contributed by atoms with Gasteiger partial charge in [0.2, 0.25) is 0 Å². The van der Waals surface area contributed by atoms with Gasteiger partial charge >= 0.3 is 0 Å². The summed E-state index contributed by atoms with van der Waals surface area (Å²) in [6.07, 6.45) is 3.72. The van der Waals surface area contributed by atoms with Crippen molar-refractivity contribution in [2.75, 3.05) is 0 Å². The average Bonchev–Trinajstić information content (AvgIpc) is 3.29. The van der Waals surface area contributed by atoms with Crippen molar-refractivity contribution in [2.24, 2.45) is 7.05 Å². The molecule has 0 saturated heterocycles. The Kier molecular flexibility index (Phi) is 3.15. The van der Waals surface area contributed by atoms with Crippen LogP contribution in [0.15, 0.2) is 54.9 Å². The van der Waals surface area contributed by atoms with Crippen LogP contribution in [0.2, 0.25) is 0 Å². The lowest BCUT2D eigenvalue weighted by Gasteiger charge is -2.03. The summed E-state index contributed by atoms with van der Waals surface area (Å²) in [5.41, 5.74) is 5.48. The smallest absolute Gasteiger partial charge is 0.259 e. The summed E-state index contributed by atoms with van der Waals surface area (Å²) in [7, 11) is 1.95. The van der Waals surface area contributed by atoms with Crippen LogP contribution in [0.3, 0.4) is 0 Å². The van der Waals surface area contributed by atoms with Crippen LogP contribution < -0.4 is 5.32 Å². The number of imide groups is 1. The lowest BCUT2D eigenvalue weighted by molar-refractivity contribution is -0.122. The molecular formula is C22H17N3O2. The first-order valence-electron chi connectivity index (χ1n) is 8.77. The number of carbonyl (C=O) groups excluding carboxylic acids is 2. The fraction of sp³-hybridized carbons (Fsp3) is 0.0909. The van der Waals surface area contributed by atoms with Crippen molar-refractivity contribution in [1.82, 2.24) is 14.9 Å². The molecule has 2 aromatic carbocycles. The second-order valence-electron chi connectivity index (χ2n) is 6.96. The van der Waals surface area contributed by atoms with Gasteiger partial charge in [-0.2, -0.15) is 0 Å². The molecular weight excluding hydrogens is 338 g/mol.